The first-order valence-corrected chi connectivity index (χ1v) is 5.95. The summed E-state index contributed by atoms with van der Waals surface area (Å²) in [5.41, 5.74) is 0.795. The Morgan fingerprint density at radius 2 is 2.29 bits per heavy atom. The molecule has 0 aliphatic carbocycles. The minimum absolute atomic E-state index is 0.0952. The van der Waals surface area contributed by atoms with Crippen molar-refractivity contribution < 1.29 is 9.90 Å². The number of hydrogen-bond acceptors (Lipinski definition) is 3. The van der Waals surface area contributed by atoms with Crippen molar-refractivity contribution in [3.05, 3.63) is 23.5 Å². The zero-order chi connectivity index (χ0) is 12.8. The average Bonchev–Trinajstić information content (AvgIpc) is 2.24. The van der Waals surface area contributed by atoms with Crippen molar-refractivity contribution in [2.24, 2.45) is 5.92 Å². The maximum Gasteiger partial charge on any atom is 0.305 e. The van der Waals surface area contributed by atoms with Crippen LogP contribution in [-0.4, -0.2) is 29.1 Å². The molecule has 1 rings (SSSR count). The third-order valence-electron chi connectivity index (χ3n) is 2.26. The van der Waals surface area contributed by atoms with Gasteiger partial charge in [-0.3, -0.25) is 4.79 Å². The summed E-state index contributed by atoms with van der Waals surface area (Å²) in [6, 6.07) is 3.66. The van der Waals surface area contributed by atoms with Crippen LogP contribution >= 0.6 is 11.6 Å². The van der Waals surface area contributed by atoms with Crippen LogP contribution in [0.5, 0.6) is 0 Å². The molecule has 17 heavy (non-hydrogen) atoms. The van der Waals surface area contributed by atoms with Crippen LogP contribution in [0, 0.1) is 5.92 Å². The number of aliphatic carboxylic acids is 1. The van der Waals surface area contributed by atoms with Crippen molar-refractivity contribution >= 4 is 23.3 Å². The number of anilines is 1. The van der Waals surface area contributed by atoms with E-state index in [2.05, 4.69) is 18.8 Å². The second-order valence-corrected chi connectivity index (χ2v) is 4.65. The van der Waals surface area contributed by atoms with Crippen molar-refractivity contribution in [2.45, 2.75) is 20.3 Å². The lowest BCUT2D eigenvalue weighted by Gasteiger charge is -2.26. The molecular formula is C12H17ClN2O2. The van der Waals surface area contributed by atoms with E-state index in [1.54, 1.807) is 12.3 Å². The van der Waals surface area contributed by atoms with Gasteiger partial charge in [0.05, 0.1) is 12.1 Å². The Labute approximate surface area is 106 Å². The van der Waals surface area contributed by atoms with Crippen LogP contribution in [0.15, 0.2) is 18.3 Å². The summed E-state index contributed by atoms with van der Waals surface area (Å²) in [5, 5.41) is 9.15. The van der Waals surface area contributed by atoms with E-state index in [1.807, 2.05) is 11.0 Å². The molecule has 0 fully saturated rings. The second kappa shape index (κ2) is 6.45. The van der Waals surface area contributed by atoms with Gasteiger partial charge in [0.2, 0.25) is 0 Å². The molecule has 0 saturated carbocycles. The standard InChI is InChI=1S/C12H17ClN2O2/c1-9(2)8-15(7-5-11(16)17)10-4-3-6-14-12(10)13/h3-4,6,9H,5,7-8H2,1-2H3,(H,16,17). The van der Waals surface area contributed by atoms with E-state index >= 15 is 0 Å². The number of nitrogens with zero attached hydrogens (tertiary/aromatic N) is 2. The highest BCUT2D eigenvalue weighted by Crippen LogP contribution is 2.23. The van der Waals surface area contributed by atoms with Crippen LogP contribution in [0.3, 0.4) is 0 Å². The second-order valence-electron chi connectivity index (χ2n) is 4.30. The van der Waals surface area contributed by atoms with Crippen LogP contribution in [0.1, 0.15) is 20.3 Å². The molecule has 4 nitrogen and oxygen atoms in total. The van der Waals surface area contributed by atoms with E-state index in [-0.39, 0.29) is 6.42 Å². The Morgan fingerprint density at radius 3 is 2.82 bits per heavy atom. The molecule has 94 valence electrons. The smallest absolute Gasteiger partial charge is 0.305 e. The largest absolute Gasteiger partial charge is 0.481 e. The molecule has 0 spiro atoms. The van der Waals surface area contributed by atoms with E-state index in [4.69, 9.17) is 16.7 Å². The van der Waals surface area contributed by atoms with Gasteiger partial charge in [-0.2, -0.15) is 0 Å². The minimum atomic E-state index is -0.807. The lowest BCUT2D eigenvalue weighted by atomic mass is 10.2. The van der Waals surface area contributed by atoms with Crippen LogP contribution in [0.2, 0.25) is 5.15 Å². The summed E-state index contributed by atoms with van der Waals surface area (Å²) >= 11 is 6.02. The molecule has 0 aromatic carbocycles. The summed E-state index contributed by atoms with van der Waals surface area (Å²) in [5.74, 6) is -0.376. The lowest BCUT2D eigenvalue weighted by Crippen LogP contribution is -2.30. The first-order chi connectivity index (χ1) is 8.00. The predicted octanol–water partition coefficient (Wildman–Crippen LogP) is 2.67. The van der Waals surface area contributed by atoms with E-state index in [0.717, 1.165) is 12.2 Å². The summed E-state index contributed by atoms with van der Waals surface area (Å²) in [6.07, 6.45) is 1.72. The minimum Gasteiger partial charge on any atom is -0.481 e. The molecule has 0 aliphatic heterocycles. The molecule has 0 saturated heterocycles. The summed E-state index contributed by atoms with van der Waals surface area (Å²) in [4.78, 5) is 16.6. The quantitative estimate of drug-likeness (QED) is 0.795. The average molecular weight is 257 g/mol. The molecule has 1 aromatic rings. The molecule has 1 aromatic heterocycles. The van der Waals surface area contributed by atoms with Gasteiger partial charge in [0.25, 0.3) is 0 Å². The molecule has 0 radical (unpaired) electrons. The molecule has 0 aliphatic rings. The number of pyridine rings is 1. The normalized spacial score (nSPS) is 10.6. The molecular weight excluding hydrogens is 240 g/mol. The molecule has 0 unspecified atom stereocenters. The topological polar surface area (TPSA) is 53.4 Å². The van der Waals surface area contributed by atoms with Crippen LogP contribution in [0.4, 0.5) is 5.69 Å². The number of carboxylic acid groups (broad SMARTS) is 1. The van der Waals surface area contributed by atoms with E-state index in [9.17, 15) is 4.79 Å². The predicted molar refractivity (Wildman–Crippen MR) is 68.6 cm³/mol. The van der Waals surface area contributed by atoms with Crippen molar-refractivity contribution in [1.29, 1.82) is 0 Å². The van der Waals surface area contributed by atoms with Gasteiger partial charge >= 0.3 is 5.97 Å². The number of carbonyl (C=O) groups is 1. The van der Waals surface area contributed by atoms with E-state index < -0.39 is 5.97 Å². The van der Waals surface area contributed by atoms with Gasteiger partial charge in [-0.25, -0.2) is 4.98 Å². The first kappa shape index (κ1) is 13.8. The van der Waals surface area contributed by atoms with Crippen molar-refractivity contribution in [3.63, 3.8) is 0 Å². The highest BCUT2D eigenvalue weighted by Gasteiger charge is 2.13. The van der Waals surface area contributed by atoms with Gasteiger partial charge < -0.3 is 10.0 Å². The Balaban J connectivity index is 2.82. The van der Waals surface area contributed by atoms with Crippen LogP contribution in [0.25, 0.3) is 0 Å². The maximum absolute atomic E-state index is 10.6. The van der Waals surface area contributed by atoms with Gasteiger partial charge in [0, 0.05) is 19.3 Å². The zero-order valence-corrected chi connectivity index (χ0v) is 10.8. The zero-order valence-electron chi connectivity index (χ0n) is 10.1. The maximum atomic E-state index is 10.6. The Morgan fingerprint density at radius 1 is 1.59 bits per heavy atom. The number of halogens is 1. The van der Waals surface area contributed by atoms with Gasteiger partial charge in [-0.1, -0.05) is 25.4 Å². The first-order valence-electron chi connectivity index (χ1n) is 5.58. The van der Waals surface area contributed by atoms with Gasteiger partial charge in [0.1, 0.15) is 0 Å². The number of carboxylic acids is 1. The lowest BCUT2D eigenvalue weighted by molar-refractivity contribution is -0.136. The van der Waals surface area contributed by atoms with Crippen molar-refractivity contribution in [1.82, 2.24) is 4.98 Å². The number of hydrogen-bond donors (Lipinski definition) is 1. The van der Waals surface area contributed by atoms with Crippen molar-refractivity contribution in [2.75, 3.05) is 18.0 Å². The molecule has 1 heterocycles. The Hall–Kier alpha value is -1.29. The highest BCUT2D eigenvalue weighted by molar-refractivity contribution is 6.32. The van der Waals surface area contributed by atoms with Crippen molar-refractivity contribution in [3.8, 4) is 0 Å². The number of rotatable bonds is 6. The summed E-state index contributed by atoms with van der Waals surface area (Å²) in [6.45, 7) is 5.37. The Kier molecular flexibility index (Phi) is 5.22. The summed E-state index contributed by atoms with van der Waals surface area (Å²) in [7, 11) is 0. The fourth-order valence-corrected chi connectivity index (χ4v) is 1.83. The van der Waals surface area contributed by atoms with Gasteiger partial charge in [-0.05, 0) is 18.1 Å². The fraction of sp³-hybridized carbons (Fsp3) is 0.500. The van der Waals surface area contributed by atoms with Gasteiger partial charge in [0.15, 0.2) is 5.15 Å². The van der Waals surface area contributed by atoms with Crippen LogP contribution in [-0.2, 0) is 4.79 Å². The molecule has 0 bridgehead atoms. The van der Waals surface area contributed by atoms with Crippen LogP contribution < -0.4 is 4.90 Å². The van der Waals surface area contributed by atoms with Gasteiger partial charge in [-0.15, -0.1) is 0 Å². The highest BCUT2D eigenvalue weighted by atomic mass is 35.5. The molecule has 1 N–H and O–H groups in total. The third kappa shape index (κ3) is 4.61. The monoisotopic (exact) mass is 256 g/mol. The van der Waals surface area contributed by atoms with E-state index in [1.165, 1.54) is 0 Å². The Bertz CT molecular complexity index is 383. The summed E-state index contributed by atoms with van der Waals surface area (Å²) < 4.78 is 0. The fourth-order valence-electron chi connectivity index (χ4n) is 1.59. The van der Waals surface area contributed by atoms with E-state index in [0.29, 0.717) is 17.6 Å². The SMILES string of the molecule is CC(C)CN(CCC(=O)O)c1cccnc1Cl. The molecule has 0 amide bonds. The molecule has 0 atom stereocenters. The number of aromatic nitrogens is 1. The third-order valence-corrected chi connectivity index (χ3v) is 2.55. The molecule has 5 heteroatoms.